The Morgan fingerprint density at radius 2 is 2.11 bits per heavy atom. The SMILES string of the molecule is CS(=O)(=O)c1cccc(C(N)Cc2ccoc2)c1. The highest BCUT2D eigenvalue weighted by atomic mass is 32.2. The molecule has 2 aromatic rings. The van der Waals surface area contributed by atoms with E-state index in [-0.39, 0.29) is 6.04 Å². The molecule has 1 heterocycles. The third-order valence-electron chi connectivity index (χ3n) is 2.75. The van der Waals surface area contributed by atoms with Crippen molar-refractivity contribution < 1.29 is 12.8 Å². The molecule has 0 aliphatic carbocycles. The van der Waals surface area contributed by atoms with E-state index in [1.54, 1.807) is 30.7 Å². The summed E-state index contributed by atoms with van der Waals surface area (Å²) in [5.41, 5.74) is 7.86. The van der Waals surface area contributed by atoms with Crippen molar-refractivity contribution in [1.82, 2.24) is 0 Å². The zero-order valence-electron chi connectivity index (χ0n) is 10.0. The molecule has 4 nitrogen and oxygen atoms in total. The Morgan fingerprint density at radius 3 is 2.72 bits per heavy atom. The molecule has 1 aromatic carbocycles. The van der Waals surface area contributed by atoms with Gasteiger partial charge in [-0.05, 0) is 35.7 Å². The molecule has 2 N–H and O–H groups in total. The van der Waals surface area contributed by atoms with E-state index in [9.17, 15) is 8.42 Å². The molecule has 1 atom stereocenters. The van der Waals surface area contributed by atoms with E-state index < -0.39 is 9.84 Å². The van der Waals surface area contributed by atoms with E-state index in [0.717, 1.165) is 11.1 Å². The minimum absolute atomic E-state index is 0.246. The van der Waals surface area contributed by atoms with E-state index in [1.165, 1.54) is 6.26 Å². The van der Waals surface area contributed by atoms with Gasteiger partial charge >= 0.3 is 0 Å². The van der Waals surface area contributed by atoms with Crippen molar-refractivity contribution >= 4 is 9.84 Å². The molecule has 0 aliphatic rings. The normalized spacial score (nSPS) is 13.4. The monoisotopic (exact) mass is 265 g/mol. The number of nitrogens with two attached hydrogens (primary N) is 1. The van der Waals surface area contributed by atoms with Crippen LogP contribution in [0.15, 0.2) is 52.2 Å². The second-order valence-corrected chi connectivity index (χ2v) is 6.30. The summed E-state index contributed by atoms with van der Waals surface area (Å²) in [6.45, 7) is 0. The molecule has 0 fully saturated rings. The minimum Gasteiger partial charge on any atom is -0.472 e. The Labute approximate surface area is 106 Å². The summed E-state index contributed by atoms with van der Waals surface area (Å²) >= 11 is 0. The quantitative estimate of drug-likeness (QED) is 0.916. The van der Waals surface area contributed by atoms with Crippen molar-refractivity contribution in [1.29, 1.82) is 0 Å². The van der Waals surface area contributed by atoms with Gasteiger partial charge in [-0.1, -0.05) is 12.1 Å². The fourth-order valence-corrected chi connectivity index (χ4v) is 2.43. The van der Waals surface area contributed by atoms with Crippen LogP contribution in [0.1, 0.15) is 17.2 Å². The highest BCUT2D eigenvalue weighted by Crippen LogP contribution is 2.19. The number of benzene rings is 1. The summed E-state index contributed by atoms with van der Waals surface area (Å²) in [5.74, 6) is 0. The first kappa shape index (κ1) is 12.9. The van der Waals surface area contributed by atoms with Crippen molar-refractivity contribution in [3.8, 4) is 0 Å². The molecule has 18 heavy (non-hydrogen) atoms. The van der Waals surface area contributed by atoms with Crippen LogP contribution in [0.2, 0.25) is 0 Å². The van der Waals surface area contributed by atoms with Crippen LogP contribution in [0.25, 0.3) is 0 Å². The maximum absolute atomic E-state index is 11.5. The van der Waals surface area contributed by atoms with Gasteiger partial charge in [0.25, 0.3) is 0 Å². The van der Waals surface area contributed by atoms with Gasteiger partial charge in [-0.25, -0.2) is 8.42 Å². The van der Waals surface area contributed by atoms with Gasteiger partial charge in [0, 0.05) is 12.3 Å². The molecule has 0 bridgehead atoms. The molecule has 5 heteroatoms. The first-order valence-electron chi connectivity index (χ1n) is 5.53. The van der Waals surface area contributed by atoms with Gasteiger partial charge in [0.1, 0.15) is 0 Å². The van der Waals surface area contributed by atoms with Crippen molar-refractivity contribution in [3.05, 3.63) is 54.0 Å². The Kier molecular flexibility index (Phi) is 3.54. The number of rotatable bonds is 4. The summed E-state index contributed by atoms with van der Waals surface area (Å²) in [4.78, 5) is 0.294. The average molecular weight is 265 g/mol. The van der Waals surface area contributed by atoms with E-state index >= 15 is 0 Å². The van der Waals surface area contributed by atoms with Crippen molar-refractivity contribution in [2.45, 2.75) is 17.4 Å². The molecule has 0 aliphatic heterocycles. The van der Waals surface area contributed by atoms with Gasteiger partial charge in [-0.15, -0.1) is 0 Å². The molecule has 0 saturated heterocycles. The van der Waals surface area contributed by atoms with Crippen LogP contribution in [0.5, 0.6) is 0 Å². The molecule has 0 saturated carbocycles. The summed E-state index contributed by atoms with van der Waals surface area (Å²) in [5, 5.41) is 0. The molecule has 96 valence electrons. The summed E-state index contributed by atoms with van der Waals surface area (Å²) in [6.07, 6.45) is 5.03. The summed E-state index contributed by atoms with van der Waals surface area (Å²) in [6, 6.07) is 8.34. The maximum atomic E-state index is 11.5. The number of hydrogen-bond donors (Lipinski definition) is 1. The molecular formula is C13H15NO3S. The van der Waals surface area contributed by atoms with Crippen LogP contribution < -0.4 is 5.73 Å². The Morgan fingerprint density at radius 1 is 1.33 bits per heavy atom. The van der Waals surface area contributed by atoms with Crippen LogP contribution in [0, 0.1) is 0 Å². The van der Waals surface area contributed by atoms with Gasteiger partial charge in [0.15, 0.2) is 9.84 Å². The molecular weight excluding hydrogens is 250 g/mol. The first-order valence-corrected chi connectivity index (χ1v) is 7.42. The van der Waals surface area contributed by atoms with Crippen LogP contribution in [-0.4, -0.2) is 14.7 Å². The van der Waals surface area contributed by atoms with Crippen LogP contribution >= 0.6 is 0 Å². The Bertz CT molecular complexity index is 617. The van der Waals surface area contributed by atoms with Gasteiger partial charge in [-0.2, -0.15) is 0 Å². The van der Waals surface area contributed by atoms with Gasteiger partial charge < -0.3 is 10.2 Å². The zero-order chi connectivity index (χ0) is 13.2. The Balaban J connectivity index is 2.23. The lowest BCUT2D eigenvalue weighted by atomic mass is 10.0. The third-order valence-corrected chi connectivity index (χ3v) is 3.86. The summed E-state index contributed by atoms with van der Waals surface area (Å²) < 4.78 is 27.9. The van der Waals surface area contributed by atoms with Crippen LogP contribution in [0.4, 0.5) is 0 Å². The third kappa shape index (κ3) is 3.00. The predicted molar refractivity (Wildman–Crippen MR) is 68.9 cm³/mol. The van der Waals surface area contributed by atoms with Crippen molar-refractivity contribution in [2.75, 3.05) is 6.26 Å². The fourth-order valence-electron chi connectivity index (χ4n) is 1.76. The lowest BCUT2D eigenvalue weighted by molar-refractivity contribution is 0.561. The second-order valence-electron chi connectivity index (χ2n) is 4.29. The van der Waals surface area contributed by atoms with Gasteiger partial charge in [0.2, 0.25) is 0 Å². The van der Waals surface area contributed by atoms with Crippen molar-refractivity contribution in [3.63, 3.8) is 0 Å². The van der Waals surface area contributed by atoms with E-state index in [1.807, 2.05) is 12.1 Å². The van der Waals surface area contributed by atoms with E-state index in [4.69, 9.17) is 10.2 Å². The standard InChI is InChI=1S/C13H15NO3S/c1-18(15,16)12-4-2-3-11(8-12)13(14)7-10-5-6-17-9-10/h2-6,8-9,13H,7,14H2,1H3. The minimum atomic E-state index is -3.19. The fraction of sp³-hybridized carbons (Fsp3) is 0.231. The van der Waals surface area contributed by atoms with Crippen LogP contribution in [0.3, 0.4) is 0 Å². The number of hydrogen-bond acceptors (Lipinski definition) is 4. The second kappa shape index (κ2) is 4.96. The maximum Gasteiger partial charge on any atom is 0.175 e. The molecule has 1 aromatic heterocycles. The van der Waals surface area contributed by atoms with E-state index in [0.29, 0.717) is 11.3 Å². The topological polar surface area (TPSA) is 73.3 Å². The predicted octanol–water partition coefficient (Wildman–Crippen LogP) is 1.93. The zero-order valence-corrected chi connectivity index (χ0v) is 10.9. The number of sulfone groups is 1. The lowest BCUT2D eigenvalue weighted by Gasteiger charge is -2.11. The Hall–Kier alpha value is -1.59. The average Bonchev–Trinajstić information content (AvgIpc) is 2.81. The highest BCUT2D eigenvalue weighted by Gasteiger charge is 2.12. The van der Waals surface area contributed by atoms with Crippen molar-refractivity contribution in [2.24, 2.45) is 5.73 Å². The first-order chi connectivity index (χ1) is 8.47. The number of furan rings is 1. The van der Waals surface area contributed by atoms with E-state index in [2.05, 4.69) is 0 Å². The molecule has 0 amide bonds. The lowest BCUT2D eigenvalue weighted by Crippen LogP contribution is -2.13. The van der Waals surface area contributed by atoms with Crippen LogP contribution in [-0.2, 0) is 16.3 Å². The molecule has 0 spiro atoms. The van der Waals surface area contributed by atoms with Gasteiger partial charge in [-0.3, -0.25) is 0 Å². The highest BCUT2D eigenvalue weighted by molar-refractivity contribution is 7.90. The molecule has 0 radical (unpaired) electrons. The summed E-state index contributed by atoms with van der Waals surface area (Å²) in [7, 11) is -3.19. The smallest absolute Gasteiger partial charge is 0.175 e. The largest absolute Gasteiger partial charge is 0.472 e. The molecule has 1 unspecified atom stereocenters. The van der Waals surface area contributed by atoms with Gasteiger partial charge in [0.05, 0.1) is 17.4 Å². The molecule has 2 rings (SSSR count).